The van der Waals surface area contributed by atoms with Gasteiger partial charge in [-0.25, -0.2) is 0 Å². The van der Waals surface area contributed by atoms with Crippen LogP contribution in [0.4, 0.5) is 13.2 Å². The summed E-state index contributed by atoms with van der Waals surface area (Å²) in [5, 5.41) is 0. The number of alkyl halides is 3. The molecular weight excluding hydrogens is 173 g/mol. The Morgan fingerprint density at radius 2 is 2.17 bits per heavy atom. The molecule has 0 aliphatic rings. The van der Waals surface area contributed by atoms with Crippen LogP contribution in [0.1, 0.15) is 16.1 Å². The minimum atomic E-state index is -4.34. The molecule has 0 saturated carbocycles. The number of furan rings is 1. The van der Waals surface area contributed by atoms with E-state index in [0.29, 0.717) is 6.29 Å². The number of rotatable bonds is 2. The first-order valence-electron chi connectivity index (χ1n) is 3.11. The van der Waals surface area contributed by atoms with E-state index >= 15 is 0 Å². The summed E-state index contributed by atoms with van der Waals surface area (Å²) in [7, 11) is 0. The lowest BCUT2D eigenvalue weighted by molar-refractivity contribution is -0.130. The molecule has 0 radical (unpaired) electrons. The minimum Gasteiger partial charge on any atom is -0.468 e. The molecule has 0 bridgehead atoms. The average molecular weight is 178 g/mol. The van der Waals surface area contributed by atoms with E-state index in [1.807, 2.05) is 0 Å². The number of hydrogen-bond acceptors (Lipinski definition) is 2. The molecule has 0 N–H and O–H groups in total. The Kier molecular flexibility index (Phi) is 2.21. The second-order valence-corrected chi connectivity index (χ2v) is 2.21. The SMILES string of the molecule is O=Cc1ccoc1CC(F)(F)F. The molecule has 1 aromatic heterocycles. The molecule has 0 unspecified atom stereocenters. The van der Waals surface area contributed by atoms with Crippen molar-refractivity contribution in [3.63, 3.8) is 0 Å². The van der Waals surface area contributed by atoms with Gasteiger partial charge in [0.05, 0.1) is 11.8 Å². The molecule has 0 aromatic carbocycles. The smallest absolute Gasteiger partial charge is 0.396 e. The van der Waals surface area contributed by atoms with E-state index in [1.165, 1.54) is 6.07 Å². The van der Waals surface area contributed by atoms with Gasteiger partial charge in [0.1, 0.15) is 12.2 Å². The number of hydrogen-bond donors (Lipinski definition) is 0. The highest BCUT2D eigenvalue weighted by atomic mass is 19.4. The standard InChI is InChI=1S/C7H5F3O2/c8-7(9,10)3-6-5(4-11)1-2-12-6/h1-2,4H,3H2. The van der Waals surface area contributed by atoms with Crippen LogP contribution in [0.15, 0.2) is 16.7 Å². The molecule has 0 aliphatic heterocycles. The summed E-state index contributed by atoms with van der Waals surface area (Å²) < 4.78 is 39.8. The normalized spacial score (nSPS) is 11.6. The molecule has 1 rings (SSSR count). The summed E-state index contributed by atoms with van der Waals surface area (Å²) in [5.74, 6) is -0.336. The summed E-state index contributed by atoms with van der Waals surface area (Å²) in [6, 6.07) is 1.20. The monoisotopic (exact) mass is 178 g/mol. The van der Waals surface area contributed by atoms with E-state index in [0.717, 1.165) is 6.26 Å². The van der Waals surface area contributed by atoms with E-state index in [1.54, 1.807) is 0 Å². The summed E-state index contributed by atoms with van der Waals surface area (Å²) in [6.07, 6.45) is -4.14. The fourth-order valence-corrected chi connectivity index (χ4v) is 0.781. The van der Waals surface area contributed by atoms with Crippen LogP contribution in [0.25, 0.3) is 0 Å². The summed E-state index contributed by atoms with van der Waals surface area (Å²) in [5.41, 5.74) is -0.0488. The molecule has 2 nitrogen and oxygen atoms in total. The minimum absolute atomic E-state index is 0.0488. The van der Waals surface area contributed by atoms with Crippen LogP contribution >= 0.6 is 0 Å². The Labute approximate surface area is 66.0 Å². The molecule has 1 heterocycles. The highest BCUT2D eigenvalue weighted by Crippen LogP contribution is 2.23. The van der Waals surface area contributed by atoms with E-state index < -0.39 is 12.6 Å². The van der Waals surface area contributed by atoms with Crippen LogP contribution in [0.5, 0.6) is 0 Å². The predicted octanol–water partition coefficient (Wildman–Crippen LogP) is 2.20. The van der Waals surface area contributed by atoms with Gasteiger partial charge in [0.25, 0.3) is 0 Å². The van der Waals surface area contributed by atoms with Gasteiger partial charge < -0.3 is 4.42 Å². The van der Waals surface area contributed by atoms with E-state index in [4.69, 9.17) is 0 Å². The molecule has 0 spiro atoms. The number of halogens is 3. The van der Waals surface area contributed by atoms with Crippen LogP contribution in [-0.4, -0.2) is 12.5 Å². The van der Waals surface area contributed by atoms with Crippen molar-refractivity contribution >= 4 is 6.29 Å². The van der Waals surface area contributed by atoms with Crippen molar-refractivity contribution < 1.29 is 22.4 Å². The van der Waals surface area contributed by atoms with Gasteiger partial charge in [-0.2, -0.15) is 13.2 Å². The molecule has 0 atom stereocenters. The molecule has 66 valence electrons. The Morgan fingerprint density at radius 1 is 1.50 bits per heavy atom. The van der Waals surface area contributed by atoms with Gasteiger partial charge in [0, 0.05) is 0 Å². The van der Waals surface area contributed by atoms with Crippen molar-refractivity contribution in [2.45, 2.75) is 12.6 Å². The summed E-state index contributed by atoms with van der Waals surface area (Å²) in [6.45, 7) is 0. The van der Waals surface area contributed by atoms with Gasteiger partial charge in [0.2, 0.25) is 0 Å². The number of carbonyl (C=O) groups is 1. The fraction of sp³-hybridized carbons (Fsp3) is 0.286. The van der Waals surface area contributed by atoms with Gasteiger partial charge in [0.15, 0.2) is 6.29 Å². The summed E-state index contributed by atoms with van der Waals surface area (Å²) in [4.78, 5) is 10.1. The van der Waals surface area contributed by atoms with Crippen molar-refractivity contribution in [1.82, 2.24) is 0 Å². The third kappa shape index (κ3) is 2.11. The average Bonchev–Trinajstić information content (AvgIpc) is 2.31. The molecule has 0 fully saturated rings. The van der Waals surface area contributed by atoms with Gasteiger partial charge >= 0.3 is 6.18 Å². The molecule has 0 amide bonds. The second kappa shape index (κ2) is 3.00. The Balaban J connectivity index is 2.81. The van der Waals surface area contributed by atoms with Crippen LogP contribution in [0.2, 0.25) is 0 Å². The van der Waals surface area contributed by atoms with Crippen LogP contribution < -0.4 is 0 Å². The van der Waals surface area contributed by atoms with Gasteiger partial charge in [-0.05, 0) is 6.07 Å². The lowest BCUT2D eigenvalue weighted by Crippen LogP contribution is -2.11. The maximum atomic E-state index is 11.8. The third-order valence-electron chi connectivity index (χ3n) is 1.27. The first-order valence-corrected chi connectivity index (χ1v) is 3.11. The maximum absolute atomic E-state index is 11.8. The van der Waals surface area contributed by atoms with Crippen molar-refractivity contribution in [2.24, 2.45) is 0 Å². The fourth-order valence-electron chi connectivity index (χ4n) is 0.781. The Morgan fingerprint density at radius 3 is 2.67 bits per heavy atom. The maximum Gasteiger partial charge on any atom is 0.396 e. The molecule has 0 saturated heterocycles. The zero-order valence-electron chi connectivity index (χ0n) is 5.89. The quantitative estimate of drug-likeness (QED) is 0.650. The van der Waals surface area contributed by atoms with Gasteiger partial charge in [-0.3, -0.25) is 4.79 Å². The molecule has 12 heavy (non-hydrogen) atoms. The predicted molar refractivity (Wildman–Crippen MR) is 33.9 cm³/mol. The zero-order valence-corrected chi connectivity index (χ0v) is 5.89. The highest BCUT2D eigenvalue weighted by Gasteiger charge is 2.30. The molecular formula is C7H5F3O2. The highest BCUT2D eigenvalue weighted by molar-refractivity contribution is 5.75. The van der Waals surface area contributed by atoms with Crippen LogP contribution in [0.3, 0.4) is 0 Å². The Bertz CT molecular complexity index is 274. The zero-order chi connectivity index (χ0) is 9.19. The number of aldehydes is 1. The number of carbonyl (C=O) groups excluding carboxylic acids is 1. The van der Waals surface area contributed by atoms with Crippen molar-refractivity contribution in [3.05, 3.63) is 23.7 Å². The van der Waals surface area contributed by atoms with Crippen LogP contribution in [0, 0.1) is 0 Å². The van der Waals surface area contributed by atoms with E-state index in [9.17, 15) is 18.0 Å². The van der Waals surface area contributed by atoms with E-state index in [-0.39, 0.29) is 11.3 Å². The first-order chi connectivity index (χ1) is 5.53. The van der Waals surface area contributed by atoms with Crippen LogP contribution in [-0.2, 0) is 6.42 Å². The molecule has 0 aliphatic carbocycles. The van der Waals surface area contributed by atoms with Gasteiger partial charge in [-0.15, -0.1) is 0 Å². The largest absolute Gasteiger partial charge is 0.468 e. The van der Waals surface area contributed by atoms with Crippen molar-refractivity contribution in [1.29, 1.82) is 0 Å². The van der Waals surface area contributed by atoms with E-state index in [2.05, 4.69) is 4.42 Å². The van der Waals surface area contributed by atoms with Gasteiger partial charge in [-0.1, -0.05) is 0 Å². The Hall–Kier alpha value is -1.26. The summed E-state index contributed by atoms with van der Waals surface area (Å²) >= 11 is 0. The topological polar surface area (TPSA) is 30.2 Å². The molecule has 5 heteroatoms. The lowest BCUT2D eigenvalue weighted by atomic mass is 10.2. The molecule has 1 aromatic rings. The first kappa shape index (κ1) is 8.83. The van der Waals surface area contributed by atoms with Crippen molar-refractivity contribution in [2.75, 3.05) is 0 Å². The third-order valence-corrected chi connectivity index (χ3v) is 1.27. The lowest BCUT2D eigenvalue weighted by Gasteiger charge is -2.02. The second-order valence-electron chi connectivity index (χ2n) is 2.21. The van der Waals surface area contributed by atoms with Crippen molar-refractivity contribution in [3.8, 4) is 0 Å².